The van der Waals surface area contributed by atoms with E-state index >= 15 is 0 Å². The van der Waals surface area contributed by atoms with Crippen LogP contribution in [0.2, 0.25) is 0 Å². The van der Waals surface area contributed by atoms with Gasteiger partial charge in [-0.25, -0.2) is 8.42 Å². The quantitative estimate of drug-likeness (QED) is 0.768. The van der Waals surface area contributed by atoms with Crippen molar-refractivity contribution in [3.63, 3.8) is 0 Å². The molecule has 142 valence electrons. The Bertz CT molecular complexity index is 863. The molecule has 5 nitrogen and oxygen atoms in total. The fourth-order valence-corrected chi connectivity index (χ4v) is 4.54. The lowest BCUT2D eigenvalue weighted by molar-refractivity contribution is -0.137. The van der Waals surface area contributed by atoms with Crippen molar-refractivity contribution in [2.45, 2.75) is 30.3 Å². The van der Waals surface area contributed by atoms with Crippen molar-refractivity contribution in [1.29, 1.82) is 0 Å². The van der Waals surface area contributed by atoms with E-state index < -0.39 is 45.3 Å². The third-order valence-corrected chi connectivity index (χ3v) is 6.32. The number of para-hydroxylation sites is 1. The zero-order chi connectivity index (χ0) is 19.5. The Morgan fingerprint density at radius 1 is 1.12 bits per heavy atom. The van der Waals surface area contributed by atoms with Crippen molar-refractivity contribution in [1.82, 2.24) is 4.72 Å². The summed E-state index contributed by atoms with van der Waals surface area (Å²) in [5, 5.41) is 3.75. The van der Waals surface area contributed by atoms with E-state index in [1.807, 2.05) is 0 Å². The number of alkyl halides is 3. The van der Waals surface area contributed by atoms with Crippen LogP contribution in [-0.2, 0) is 21.0 Å². The maximum atomic E-state index is 13.1. The maximum Gasteiger partial charge on any atom is 0.418 e. The van der Waals surface area contributed by atoms with Crippen LogP contribution in [-0.4, -0.2) is 20.4 Å². The third-order valence-electron chi connectivity index (χ3n) is 3.48. The highest BCUT2D eigenvalue weighted by atomic mass is 32.2. The summed E-state index contributed by atoms with van der Waals surface area (Å²) in [5.41, 5.74) is -1.43. The van der Waals surface area contributed by atoms with Crippen LogP contribution in [0.3, 0.4) is 0 Å². The summed E-state index contributed by atoms with van der Waals surface area (Å²) < 4.78 is 66.1. The van der Waals surface area contributed by atoms with Crippen LogP contribution < -0.4 is 10.0 Å². The zero-order valence-corrected chi connectivity index (χ0v) is 15.5. The predicted octanol–water partition coefficient (Wildman–Crippen LogP) is 3.71. The molecule has 2 rings (SSSR count). The van der Waals surface area contributed by atoms with Crippen molar-refractivity contribution >= 4 is 33.0 Å². The van der Waals surface area contributed by atoms with E-state index in [2.05, 4.69) is 10.0 Å². The van der Waals surface area contributed by atoms with E-state index in [-0.39, 0.29) is 4.21 Å². The highest BCUT2D eigenvalue weighted by molar-refractivity contribution is 7.91. The first kappa shape index (κ1) is 20.4. The van der Waals surface area contributed by atoms with Crippen LogP contribution in [0.4, 0.5) is 18.9 Å². The van der Waals surface area contributed by atoms with E-state index in [4.69, 9.17) is 0 Å². The van der Waals surface area contributed by atoms with Gasteiger partial charge in [0.25, 0.3) is 10.0 Å². The fourth-order valence-electron chi connectivity index (χ4n) is 2.18. The smallest absolute Gasteiger partial charge is 0.324 e. The van der Waals surface area contributed by atoms with Crippen LogP contribution in [0.5, 0.6) is 0 Å². The van der Waals surface area contributed by atoms with Gasteiger partial charge in [-0.3, -0.25) is 4.79 Å². The van der Waals surface area contributed by atoms with Gasteiger partial charge < -0.3 is 5.32 Å². The van der Waals surface area contributed by atoms with Gasteiger partial charge in [0.15, 0.2) is 0 Å². The lowest BCUT2D eigenvalue weighted by Gasteiger charge is -2.22. The van der Waals surface area contributed by atoms with E-state index in [9.17, 15) is 26.4 Å². The number of hydrogen-bond acceptors (Lipinski definition) is 4. The van der Waals surface area contributed by atoms with Crippen molar-refractivity contribution in [3.8, 4) is 0 Å². The van der Waals surface area contributed by atoms with Crippen LogP contribution in [0, 0.1) is 5.92 Å². The number of rotatable bonds is 6. The number of halogens is 3. The monoisotopic (exact) mass is 406 g/mol. The predicted molar refractivity (Wildman–Crippen MR) is 93.3 cm³/mol. The Morgan fingerprint density at radius 2 is 1.77 bits per heavy atom. The number of anilines is 1. The van der Waals surface area contributed by atoms with Gasteiger partial charge in [-0.1, -0.05) is 32.0 Å². The minimum Gasteiger partial charge on any atom is -0.324 e. The summed E-state index contributed by atoms with van der Waals surface area (Å²) in [4.78, 5) is 12.5. The molecule has 0 radical (unpaired) electrons. The van der Waals surface area contributed by atoms with Gasteiger partial charge in [0.05, 0.1) is 11.3 Å². The molecule has 0 fully saturated rings. The minimum absolute atomic E-state index is 0.0200. The molecular formula is C16H17F3N2O3S2. The SMILES string of the molecule is CC(C)[C@@H](NS(=O)(=O)c1cccs1)C(=O)Nc1ccccc1C(F)(F)F. The van der Waals surface area contributed by atoms with Crippen LogP contribution in [0.25, 0.3) is 0 Å². The molecule has 0 aliphatic heterocycles. The topological polar surface area (TPSA) is 75.3 Å². The molecule has 0 aliphatic carbocycles. The van der Waals surface area contributed by atoms with E-state index in [1.165, 1.54) is 18.2 Å². The van der Waals surface area contributed by atoms with E-state index in [1.54, 1.807) is 25.3 Å². The van der Waals surface area contributed by atoms with Gasteiger partial charge in [0.1, 0.15) is 10.3 Å². The standard InChI is InChI=1S/C16H17F3N2O3S2/c1-10(2)14(21-26(23,24)13-8-5-9-25-13)15(22)20-12-7-4-3-6-11(12)16(17,18)19/h3-10,14,21H,1-2H3,(H,20,22)/t14-/m1/s1. The summed E-state index contributed by atoms with van der Waals surface area (Å²) in [6.07, 6.45) is -4.65. The number of carbonyl (C=O) groups is 1. The molecule has 0 aliphatic rings. The van der Waals surface area contributed by atoms with Crippen LogP contribution >= 0.6 is 11.3 Å². The Kier molecular flexibility index (Phi) is 6.09. The van der Waals surface area contributed by atoms with Gasteiger partial charge in [0, 0.05) is 0 Å². The van der Waals surface area contributed by atoms with Crippen LogP contribution in [0.15, 0.2) is 46.0 Å². The lowest BCUT2D eigenvalue weighted by atomic mass is 10.0. The van der Waals surface area contributed by atoms with Crippen molar-refractivity contribution < 1.29 is 26.4 Å². The van der Waals surface area contributed by atoms with Crippen molar-refractivity contribution in [3.05, 3.63) is 47.3 Å². The number of amides is 1. The number of hydrogen-bond donors (Lipinski definition) is 2. The first-order chi connectivity index (χ1) is 12.0. The minimum atomic E-state index is -4.65. The molecular weight excluding hydrogens is 389 g/mol. The van der Waals surface area contributed by atoms with Gasteiger partial charge in [-0.2, -0.15) is 17.9 Å². The summed E-state index contributed by atoms with van der Waals surface area (Å²) in [5.74, 6) is -1.35. The molecule has 0 unspecified atom stereocenters. The third kappa shape index (κ3) is 4.83. The second kappa shape index (κ2) is 7.77. The van der Waals surface area contributed by atoms with Crippen molar-refractivity contribution in [2.24, 2.45) is 5.92 Å². The fraction of sp³-hybridized carbons (Fsp3) is 0.312. The molecule has 1 aromatic heterocycles. The van der Waals surface area contributed by atoms with Gasteiger partial charge in [-0.15, -0.1) is 11.3 Å². The number of nitrogens with one attached hydrogen (secondary N) is 2. The molecule has 0 saturated carbocycles. The average molecular weight is 406 g/mol. The molecule has 0 bridgehead atoms. The highest BCUT2D eigenvalue weighted by Gasteiger charge is 2.35. The number of thiophene rings is 1. The Hall–Kier alpha value is -1.91. The second-order valence-electron chi connectivity index (χ2n) is 5.81. The molecule has 2 N–H and O–H groups in total. The molecule has 26 heavy (non-hydrogen) atoms. The average Bonchev–Trinajstić information content (AvgIpc) is 3.07. The van der Waals surface area contributed by atoms with E-state index in [0.29, 0.717) is 0 Å². The maximum absolute atomic E-state index is 13.1. The van der Waals surface area contributed by atoms with E-state index in [0.717, 1.165) is 23.5 Å². The zero-order valence-electron chi connectivity index (χ0n) is 13.9. The molecule has 1 amide bonds. The Balaban J connectivity index is 2.26. The second-order valence-corrected chi connectivity index (χ2v) is 8.70. The normalized spacial score (nSPS) is 13.6. The number of benzene rings is 1. The van der Waals surface area contributed by atoms with Crippen LogP contribution in [0.1, 0.15) is 19.4 Å². The molecule has 0 saturated heterocycles. The molecule has 1 heterocycles. The Morgan fingerprint density at radius 3 is 2.31 bits per heavy atom. The summed E-state index contributed by atoms with van der Waals surface area (Å²) in [6.45, 7) is 3.19. The largest absolute Gasteiger partial charge is 0.418 e. The number of carbonyl (C=O) groups excluding carboxylic acids is 1. The highest BCUT2D eigenvalue weighted by Crippen LogP contribution is 2.34. The molecule has 2 aromatic rings. The lowest BCUT2D eigenvalue weighted by Crippen LogP contribution is -2.47. The van der Waals surface area contributed by atoms with Gasteiger partial charge in [0.2, 0.25) is 5.91 Å². The molecule has 1 aromatic carbocycles. The van der Waals surface area contributed by atoms with Gasteiger partial charge >= 0.3 is 6.18 Å². The van der Waals surface area contributed by atoms with Gasteiger partial charge in [-0.05, 0) is 29.5 Å². The molecule has 10 heteroatoms. The first-order valence-corrected chi connectivity index (χ1v) is 9.91. The molecule has 1 atom stereocenters. The summed E-state index contributed by atoms with van der Waals surface area (Å²) in [7, 11) is -3.95. The Labute approximate surface area is 153 Å². The first-order valence-electron chi connectivity index (χ1n) is 7.55. The number of sulfonamides is 1. The summed E-state index contributed by atoms with van der Waals surface area (Å²) >= 11 is 0.974. The van der Waals surface area contributed by atoms with Crippen molar-refractivity contribution in [2.75, 3.05) is 5.32 Å². The summed E-state index contributed by atoms with van der Waals surface area (Å²) in [6, 6.07) is 6.21. The molecule has 0 spiro atoms.